The number of benzene rings is 1. The molecule has 1 aromatic heterocycles. The largest absolute Gasteiger partial charge is 0.399 e. The van der Waals surface area contributed by atoms with Crippen molar-refractivity contribution in [1.29, 1.82) is 0 Å². The zero-order chi connectivity index (χ0) is 11.7. The lowest BCUT2D eigenvalue weighted by atomic mass is 10.0. The Kier molecular flexibility index (Phi) is 2.36. The first kappa shape index (κ1) is 10.2. The maximum absolute atomic E-state index is 5.83. The Morgan fingerprint density at radius 2 is 1.81 bits per heavy atom. The van der Waals surface area contributed by atoms with Crippen LogP contribution in [0.5, 0.6) is 0 Å². The lowest BCUT2D eigenvalue weighted by Gasteiger charge is -2.09. The monoisotopic (exact) mass is 215 g/mol. The van der Waals surface area contributed by atoms with E-state index in [1.54, 1.807) is 0 Å². The maximum Gasteiger partial charge on any atom is 0.222 e. The quantitative estimate of drug-likeness (QED) is 0.620. The molecule has 82 valence electrons. The molecular weight excluding hydrogens is 202 g/mol. The highest BCUT2D eigenvalue weighted by atomic mass is 15.0. The fourth-order valence-electron chi connectivity index (χ4n) is 1.67. The second-order valence-electron chi connectivity index (χ2n) is 3.55. The first-order valence-electron chi connectivity index (χ1n) is 4.83. The molecule has 0 atom stereocenters. The lowest BCUT2D eigenvalue weighted by Crippen LogP contribution is -2.04. The molecule has 0 aliphatic rings. The summed E-state index contributed by atoms with van der Waals surface area (Å²) in [5, 5.41) is 0. The van der Waals surface area contributed by atoms with Crippen molar-refractivity contribution >= 4 is 17.5 Å². The molecule has 0 saturated carbocycles. The molecule has 2 rings (SSSR count). The van der Waals surface area contributed by atoms with Crippen LogP contribution < -0.4 is 17.2 Å². The van der Waals surface area contributed by atoms with Gasteiger partial charge in [-0.25, -0.2) is 4.98 Å². The molecule has 0 unspecified atom stereocenters. The molecule has 6 N–H and O–H groups in total. The van der Waals surface area contributed by atoms with Gasteiger partial charge in [0, 0.05) is 11.3 Å². The first-order valence-corrected chi connectivity index (χ1v) is 4.83. The summed E-state index contributed by atoms with van der Waals surface area (Å²) in [4.78, 5) is 8.03. The van der Waals surface area contributed by atoms with E-state index in [-0.39, 0.29) is 5.95 Å². The Bertz CT molecular complexity index is 513. The molecule has 0 aliphatic carbocycles. The molecule has 16 heavy (non-hydrogen) atoms. The second-order valence-corrected chi connectivity index (χ2v) is 3.55. The van der Waals surface area contributed by atoms with Crippen molar-refractivity contribution in [1.82, 2.24) is 9.97 Å². The van der Waals surface area contributed by atoms with Crippen LogP contribution in [0.15, 0.2) is 24.3 Å². The van der Waals surface area contributed by atoms with Gasteiger partial charge in [-0.05, 0) is 24.6 Å². The van der Waals surface area contributed by atoms with Gasteiger partial charge in [0.15, 0.2) is 0 Å². The number of aromatic nitrogens is 2. The number of nitrogen functional groups attached to an aromatic ring is 3. The number of hydrogen-bond donors (Lipinski definition) is 3. The Labute approximate surface area is 93.3 Å². The molecule has 0 radical (unpaired) electrons. The van der Waals surface area contributed by atoms with Gasteiger partial charge in [-0.3, -0.25) is 0 Å². The third-order valence-electron chi connectivity index (χ3n) is 2.31. The van der Waals surface area contributed by atoms with Crippen LogP contribution in [0.2, 0.25) is 0 Å². The Hall–Kier alpha value is -2.30. The molecular formula is C11H13N5. The van der Waals surface area contributed by atoms with E-state index in [0.29, 0.717) is 11.5 Å². The smallest absolute Gasteiger partial charge is 0.222 e. The number of nitrogens with zero attached hydrogens (tertiary/aromatic N) is 2. The average Bonchev–Trinajstić information content (AvgIpc) is 2.15. The molecule has 0 fully saturated rings. The molecule has 0 aliphatic heterocycles. The van der Waals surface area contributed by atoms with Gasteiger partial charge >= 0.3 is 0 Å². The summed E-state index contributed by atoms with van der Waals surface area (Å²) < 4.78 is 0. The molecule has 0 saturated heterocycles. The highest BCUT2D eigenvalue weighted by Gasteiger charge is 2.10. The summed E-state index contributed by atoms with van der Waals surface area (Å²) in [7, 11) is 0. The number of anilines is 3. The minimum absolute atomic E-state index is 0.183. The zero-order valence-corrected chi connectivity index (χ0v) is 8.94. The van der Waals surface area contributed by atoms with Crippen LogP contribution in [-0.2, 0) is 0 Å². The maximum atomic E-state index is 5.83. The van der Waals surface area contributed by atoms with Crippen molar-refractivity contribution in [3.8, 4) is 11.1 Å². The van der Waals surface area contributed by atoms with Crippen molar-refractivity contribution < 1.29 is 0 Å². The van der Waals surface area contributed by atoms with Gasteiger partial charge in [-0.1, -0.05) is 12.1 Å². The van der Waals surface area contributed by atoms with Gasteiger partial charge in [-0.2, -0.15) is 4.98 Å². The predicted molar refractivity (Wildman–Crippen MR) is 65.4 cm³/mol. The number of hydrogen-bond acceptors (Lipinski definition) is 5. The summed E-state index contributed by atoms with van der Waals surface area (Å²) in [5.41, 5.74) is 20.2. The van der Waals surface area contributed by atoms with Crippen molar-refractivity contribution in [3.05, 3.63) is 30.0 Å². The summed E-state index contributed by atoms with van der Waals surface area (Å²) in [6.07, 6.45) is 0. The van der Waals surface area contributed by atoms with Crippen LogP contribution in [0.1, 0.15) is 5.69 Å². The van der Waals surface area contributed by atoms with E-state index in [0.717, 1.165) is 16.8 Å². The summed E-state index contributed by atoms with van der Waals surface area (Å²) >= 11 is 0. The average molecular weight is 215 g/mol. The van der Waals surface area contributed by atoms with E-state index < -0.39 is 0 Å². The highest BCUT2D eigenvalue weighted by Crippen LogP contribution is 2.28. The molecule has 1 heterocycles. The molecule has 2 aromatic rings. The van der Waals surface area contributed by atoms with E-state index >= 15 is 0 Å². The van der Waals surface area contributed by atoms with Crippen LogP contribution >= 0.6 is 0 Å². The SMILES string of the molecule is Cc1nc(N)nc(N)c1-c1cccc(N)c1. The van der Waals surface area contributed by atoms with Crippen molar-refractivity contribution in [2.75, 3.05) is 17.2 Å². The standard InChI is InChI=1S/C11H13N5/c1-6-9(10(13)16-11(14)15-6)7-3-2-4-8(12)5-7/h2-5H,12H2,1H3,(H4,13,14,15,16). The van der Waals surface area contributed by atoms with Crippen LogP contribution in [0.3, 0.4) is 0 Å². The number of aryl methyl sites for hydroxylation is 1. The van der Waals surface area contributed by atoms with E-state index in [2.05, 4.69) is 9.97 Å². The van der Waals surface area contributed by atoms with Gasteiger partial charge in [0.1, 0.15) is 5.82 Å². The van der Waals surface area contributed by atoms with Crippen LogP contribution in [0.25, 0.3) is 11.1 Å². The van der Waals surface area contributed by atoms with Crippen molar-refractivity contribution in [2.24, 2.45) is 0 Å². The highest BCUT2D eigenvalue weighted by molar-refractivity contribution is 5.78. The number of nitrogens with two attached hydrogens (primary N) is 3. The second kappa shape index (κ2) is 3.69. The summed E-state index contributed by atoms with van der Waals surface area (Å²) in [6, 6.07) is 7.42. The van der Waals surface area contributed by atoms with E-state index in [4.69, 9.17) is 17.2 Å². The molecule has 5 nitrogen and oxygen atoms in total. The molecule has 1 aromatic carbocycles. The number of rotatable bonds is 1. The lowest BCUT2D eigenvalue weighted by molar-refractivity contribution is 1.13. The normalized spacial score (nSPS) is 10.3. The van der Waals surface area contributed by atoms with Gasteiger partial charge in [0.05, 0.1) is 5.69 Å². The van der Waals surface area contributed by atoms with Gasteiger partial charge in [0.2, 0.25) is 5.95 Å². The molecule has 5 heteroatoms. The first-order chi connectivity index (χ1) is 7.58. The fourth-order valence-corrected chi connectivity index (χ4v) is 1.67. The minimum Gasteiger partial charge on any atom is -0.399 e. The Morgan fingerprint density at radius 1 is 1.06 bits per heavy atom. The van der Waals surface area contributed by atoms with Gasteiger partial charge in [0.25, 0.3) is 0 Å². The van der Waals surface area contributed by atoms with Gasteiger partial charge in [-0.15, -0.1) is 0 Å². The zero-order valence-electron chi connectivity index (χ0n) is 8.94. The molecule has 0 bridgehead atoms. The van der Waals surface area contributed by atoms with Gasteiger partial charge < -0.3 is 17.2 Å². The van der Waals surface area contributed by atoms with Crippen LogP contribution in [0, 0.1) is 6.92 Å². The third-order valence-corrected chi connectivity index (χ3v) is 2.31. The predicted octanol–water partition coefficient (Wildman–Crippen LogP) is 1.20. The summed E-state index contributed by atoms with van der Waals surface area (Å²) in [6.45, 7) is 1.84. The summed E-state index contributed by atoms with van der Waals surface area (Å²) in [5.74, 6) is 0.554. The fraction of sp³-hybridized carbons (Fsp3) is 0.0909. The van der Waals surface area contributed by atoms with E-state index in [9.17, 15) is 0 Å². The van der Waals surface area contributed by atoms with E-state index in [1.165, 1.54) is 0 Å². The van der Waals surface area contributed by atoms with Crippen molar-refractivity contribution in [3.63, 3.8) is 0 Å². The third kappa shape index (κ3) is 1.75. The van der Waals surface area contributed by atoms with Crippen LogP contribution in [0.4, 0.5) is 17.5 Å². The van der Waals surface area contributed by atoms with Crippen molar-refractivity contribution in [2.45, 2.75) is 6.92 Å². The molecule has 0 spiro atoms. The minimum atomic E-state index is 0.183. The Morgan fingerprint density at radius 3 is 2.44 bits per heavy atom. The topological polar surface area (TPSA) is 104 Å². The van der Waals surface area contributed by atoms with E-state index in [1.807, 2.05) is 31.2 Å². The van der Waals surface area contributed by atoms with Crippen LogP contribution in [-0.4, -0.2) is 9.97 Å². The Balaban J connectivity index is 2.64. The molecule has 0 amide bonds.